The lowest BCUT2D eigenvalue weighted by Gasteiger charge is -2.19. The fourth-order valence-corrected chi connectivity index (χ4v) is 2.63. The molecule has 0 aliphatic carbocycles. The van der Waals surface area contributed by atoms with E-state index in [1.165, 1.54) is 6.07 Å². The molecule has 0 saturated carbocycles. The zero-order valence-electron chi connectivity index (χ0n) is 10.1. The van der Waals surface area contributed by atoms with Crippen LogP contribution in [0.5, 0.6) is 0 Å². The summed E-state index contributed by atoms with van der Waals surface area (Å²) in [5, 5.41) is 4.43. The topological polar surface area (TPSA) is 12.0 Å². The molecule has 0 spiro atoms. The van der Waals surface area contributed by atoms with Crippen molar-refractivity contribution < 1.29 is 4.39 Å². The van der Waals surface area contributed by atoms with Crippen molar-refractivity contribution in [2.45, 2.75) is 6.04 Å². The van der Waals surface area contributed by atoms with Gasteiger partial charge in [-0.1, -0.05) is 46.9 Å². The predicted octanol–water partition coefficient (Wildman–Crippen LogP) is 5.09. The van der Waals surface area contributed by atoms with Crippen molar-refractivity contribution >= 4 is 34.8 Å². The van der Waals surface area contributed by atoms with Gasteiger partial charge < -0.3 is 5.32 Å². The van der Waals surface area contributed by atoms with Crippen LogP contribution in [0.25, 0.3) is 0 Å². The quantitative estimate of drug-likeness (QED) is 0.830. The van der Waals surface area contributed by atoms with E-state index >= 15 is 0 Å². The first-order valence-corrected chi connectivity index (χ1v) is 6.73. The van der Waals surface area contributed by atoms with Crippen LogP contribution < -0.4 is 5.32 Å². The molecule has 0 aliphatic rings. The molecule has 0 aromatic heterocycles. The minimum atomic E-state index is -0.377. The van der Waals surface area contributed by atoms with Crippen molar-refractivity contribution in [3.8, 4) is 0 Å². The van der Waals surface area contributed by atoms with Gasteiger partial charge in [-0.25, -0.2) is 4.39 Å². The maximum Gasteiger partial charge on any atom is 0.129 e. The average Bonchev–Trinajstić information content (AvgIpc) is 2.34. The van der Waals surface area contributed by atoms with E-state index in [2.05, 4.69) is 5.32 Å². The van der Waals surface area contributed by atoms with Gasteiger partial charge in [0.05, 0.1) is 6.04 Å². The summed E-state index contributed by atoms with van der Waals surface area (Å²) in [6, 6.07) is 9.35. The summed E-state index contributed by atoms with van der Waals surface area (Å²) in [6.07, 6.45) is 0. The molecule has 0 fully saturated rings. The molecule has 0 radical (unpaired) electrons. The smallest absolute Gasteiger partial charge is 0.129 e. The lowest BCUT2D eigenvalue weighted by molar-refractivity contribution is 0.576. The summed E-state index contributed by atoms with van der Waals surface area (Å²) in [6.45, 7) is 0. The molecule has 0 heterocycles. The second kappa shape index (κ2) is 6.10. The minimum Gasteiger partial charge on any atom is -0.309 e. The monoisotopic (exact) mass is 317 g/mol. The molecule has 5 heteroatoms. The largest absolute Gasteiger partial charge is 0.309 e. The predicted molar refractivity (Wildman–Crippen MR) is 78.8 cm³/mol. The Morgan fingerprint density at radius 1 is 0.947 bits per heavy atom. The van der Waals surface area contributed by atoms with Gasteiger partial charge in [-0.2, -0.15) is 0 Å². The van der Waals surface area contributed by atoms with Crippen LogP contribution in [0.2, 0.25) is 15.1 Å². The third-order valence-electron chi connectivity index (χ3n) is 2.84. The molecule has 0 saturated heterocycles. The maximum absolute atomic E-state index is 14.0. The Kier molecular flexibility index (Phi) is 4.69. The molecule has 0 amide bonds. The highest BCUT2D eigenvalue weighted by atomic mass is 35.5. The summed E-state index contributed by atoms with van der Waals surface area (Å²) in [5.74, 6) is -0.377. The Balaban J connectivity index is 2.50. The van der Waals surface area contributed by atoms with E-state index in [0.29, 0.717) is 20.6 Å². The van der Waals surface area contributed by atoms with Gasteiger partial charge in [0.2, 0.25) is 0 Å². The highest BCUT2D eigenvalue weighted by Crippen LogP contribution is 2.32. The fraction of sp³-hybridized carbons (Fsp3) is 0.143. The van der Waals surface area contributed by atoms with Gasteiger partial charge >= 0.3 is 0 Å². The van der Waals surface area contributed by atoms with Gasteiger partial charge in [0.1, 0.15) is 5.82 Å². The molecule has 1 atom stereocenters. The lowest BCUT2D eigenvalue weighted by Crippen LogP contribution is -2.19. The van der Waals surface area contributed by atoms with E-state index < -0.39 is 0 Å². The van der Waals surface area contributed by atoms with Crippen LogP contribution >= 0.6 is 34.8 Å². The zero-order valence-corrected chi connectivity index (χ0v) is 12.3. The number of benzene rings is 2. The molecule has 19 heavy (non-hydrogen) atoms. The molecule has 100 valence electrons. The van der Waals surface area contributed by atoms with Crippen molar-refractivity contribution in [3.63, 3.8) is 0 Å². The molecule has 2 aromatic rings. The maximum atomic E-state index is 14.0. The van der Waals surface area contributed by atoms with Crippen molar-refractivity contribution in [3.05, 3.63) is 68.4 Å². The Bertz CT molecular complexity index is 550. The fourth-order valence-electron chi connectivity index (χ4n) is 1.95. The minimum absolute atomic E-state index is 0.359. The zero-order chi connectivity index (χ0) is 14.0. The van der Waals surface area contributed by atoms with Crippen molar-refractivity contribution in [2.75, 3.05) is 7.05 Å². The van der Waals surface area contributed by atoms with Gasteiger partial charge in [0, 0.05) is 20.6 Å². The van der Waals surface area contributed by atoms with Crippen LogP contribution in [-0.4, -0.2) is 7.05 Å². The standard InChI is InChI=1S/C14H11Cl3FN/c1-19-14(10-4-2-8(15)6-12(10)17)11-5-3-9(16)7-13(11)18/h2-7,14,19H,1H3. The van der Waals surface area contributed by atoms with Gasteiger partial charge in [0.15, 0.2) is 0 Å². The molecule has 0 bridgehead atoms. The van der Waals surface area contributed by atoms with Crippen molar-refractivity contribution in [1.29, 1.82) is 0 Å². The number of halogens is 4. The second-order valence-corrected chi connectivity index (χ2v) is 5.33. The highest BCUT2D eigenvalue weighted by molar-refractivity contribution is 6.35. The first-order chi connectivity index (χ1) is 9.02. The first kappa shape index (κ1) is 14.6. The van der Waals surface area contributed by atoms with Gasteiger partial charge in [-0.3, -0.25) is 0 Å². The summed E-state index contributed by atoms with van der Waals surface area (Å²) in [5.41, 5.74) is 1.24. The lowest BCUT2D eigenvalue weighted by atomic mass is 9.98. The molecule has 1 unspecified atom stereocenters. The van der Waals surface area contributed by atoms with E-state index in [-0.39, 0.29) is 11.9 Å². The SMILES string of the molecule is CNC(c1ccc(Cl)cc1F)c1ccc(Cl)cc1Cl. The Morgan fingerprint density at radius 3 is 2.05 bits per heavy atom. The summed E-state index contributed by atoms with van der Waals surface area (Å²) >= 11 is 17.8. The Hall–Kier alpha value is -0.800. The van der Waals surface area contributed by atoms with Crippen LogP contribution in [0, 0.1) is 5.82 Å². The third-order valence-corrected chi connectivity index (χ3v) is 3.63. The van der Waals surface area contributed by atoms with Crippen LogP contribution in [0.15, 0.2) is 36.4 Å². The second-order valence-electron chi connectivity index (χ2n) is 4.05. The summed E-state index contributed by atoms with van der Waals surface area (Å²) in [7, 11) is 1.74. The number of rotatable bonds is 3. The summed E-state index contributed by atoms with van der Waals surface area (Å²) < 4.78 is 14.0. The van der Waals surface area contributed by atoms with Gasteiger partial charge in [0.25, 0.3) is 0 Å². The molecule has 2 aromatic carbocycles. The molecule has 0 aliphatic heterocycles. The van der Waals surface area contributed by atoms with E-state index in [9.17, 15) is 4.39 Å². The molecule has 1 N–H and O–H groups in total. The average molecular weight is 319 g/mol. The number of nitrogens with one attached hydrogen (secondary N) is 1. The molecular formula is C14H11Cl3FN. The molecular weight excluding hydrogens is 308 g/mol. The van der Waals surface area contributed by atoms with Crippen molar-refractivity contribution in [1.82, 2.24) is 5.32 Å². The molecule has 2 rings (SSSR count). The highest BCUT2D eigenvalue weighted by Gasteiger charge is 2.19. The van der Waals surface area contributed by atoms with E-state index in [1.54, 1.807) is 37.4 Å². The first-order valence-electron chi connectivity index (χ1n) is 5.60. The summed E-state index contributed by atoms with van der Waals surface area (Å²) in [4.78, 5) is 0. The van der Waals surface area contributed by atoms with Crippen LogP contribution in [0.3, 0.4) is 0 Å². The van der Waals surface area contributed by atoms with E-state index in [1.807, 2.05) is 0 Å². The molecule has 1 nitrogen and oxygen atoms in total. The van der Waals surface area contributed by atoms with Crippen LogP contribution in [-0.2, 0) is 0 Å². The number of hydrogen-bond donors (Lipinski definition) is 1. The number of hydrogen-bond acceptors (Lipinski definition) is 1. The van der Waals surface area contributed by atoms with E-state index in [4.69, 9.17) is 34.8 Å². The van der Waals surface area contributed by atoms with Crippen LogP contribution in [0.1, 0.15) is 17.2 Å². The van der Waals surface area contributed by atoms with Crippen LogP contribution in [0.4, 0.5) is 4.39 Å². The van der Waals surface area contributed by atoms with Gasteiger partial charge in [-0.05, 0) is 36.9 Å². The Labute approximate surface area is 126 Å². The Morgan fingerprint density at radius 2 is 1.53 bits per heavy atom. The van der Waals surface area contributed by atoms with Crippen molar-refractivity contribution in [2.24, 2.45) is 0 Å². The normalized spacial score (nSPS) is 12.5. The third kappa shape index (κ3) is 3.21. The van der Waals surface area contributed by atoms with Gasteiger partial charge in [-0.15, -0.1) is 0 Å². The van der Waals surface area contributed by atoms with E-state index in [0.717, 1.165) is 5.56 Å².